The number of phenols is 1. The highest BCUT2D eigenvalue weighted by atomic mass is 32.1. The van der Waals surface area contributed by atoms with Crippen LogP contribution in [0.3, 0.4) is 0 Å². The van der Waals surface area contributed by atoms with E-state index in [2.05, 4.69) is 10.6 Å². The van der Waals surface area contributed by atoms with Gasteiger partial charge in [-0.15, -0.1) is 0 Å². The normalized spacial score (nSPS) is 10.1. The number of carbonyl (C=O) groups is 1. The lowest BCUT2D eigenvalue weighted by atomic mass is 10.2. The number of methoxy groups -OCH3 is 1. The molecular weight excluding hydrogens is 374 g/mol. The van der Waals surface area contributed by atoms with Gasteiger partial charge < -0.3 is 19.9 Å². The first-order valence-electron chi connectivity index (χ1n) is 7.72. The summed E-state index contributed by atoms with van der Waals surface area (Å²) in [5.74, 6) is -0.138. The number of phenolic OH excluding ortho intramolecular Hbond substituents is 1. The fourth-order valence-electron chi connectivity index (χ4n) is 2.01. The molecule has 142 valence electrons. The fourth-order valence-corrected chi connectivity index (χ4v) is 2.21. The van der Waals surface area contributed by atoms with Crippen LogP contribution >= 0.6 is 12.2 Å². The largest absolute Gasteiger partial charge is 0.506 e. The fraction of sp³-hybridized carbons (Fsp3) is 0.176. The molecule has 0 saturated carbocycles. The van der Waals surface area contributed by atoms with E-state index >= 15 is 0 Å². The van der Waals surface area contributed by atoms with Crippen molar-refractivity contribution in [2.45, 2.75) is 0 Å². The summed E-state index contributed by atoms with van der Waals surface area (Å²) in [5, 5.41) is 25.4. The third kappa shape index (κ3) is 5.90. The number of hydrogen-bond acceptors (Lipinski definition) is 7. The van der Waals surface area contributed by atoms with Gasteiger partial charge in [-0.05, 0) is 42.5 Å². The summed E-state index contributed by atoms with van der Waals surface area (Å²) < 4.78 is 10.3. The molecule has 2 aromatic carbocycles. The Morgan fingerprint density at radius 2 is 1.93 bits per heavy atom. The summed E-state index contributed by atoms with van der Waals surface area (Å²) in [4.78, 5) is 22.4. The Morgan fingerprint density at radius 1 is 1.22 bits per heavy atom. The van der Waals surface area contributed by atoms with Gasteiger partial charge in [0.15, 0.2) is 5.11 Å². The highest BCUT2D eigenvalue weighted by Gasteiger charge is 2.13. The Hall–Kier alpha value is -3.24. The average molecular weight is 391 g/mol. The van der Waals surface area contributed by atoms with Crippen LogP contribution in [0.1, 0.15) is 10.4 Å². The lowest BCUT2D eigenvalue weighted by Gasteiger charge is -2.11. The van der Waals surface area contributed by atoms with Crippen LogP contribution in [-0.4, -0.2) is 41.4 Å². The molecule has 0 fully saturated rings. The predicted molar refractivity (Wildman–Crippen MR) is 102 cm³/mol. The molecule has 10 heteroatoms. The van der Waals surface area contributed by atoms with Crippen molar-refractivity contribution in [2.24, 2.45) is 0 Å². The number of thiocarbonyl (C=S) groups is 1. The van der Waals surface area contributed by atoms with Crippen molar-refractivity contribution in [2.75, 3.05) is 25.6 Å². The summed E-state index contributed by atoms with van der Waals surface area (Å²) in [6.07, 6.45) is 0. The van der Waals surface area contributed by atoms with Crippen LogP contribution in [0.4, 0.5) is 11.4 Å². The third-order valence-electron chi connectivity index (χ3n) is 3.34. The lowest BCUT2D eigenvalue weighted by molar-refractivity contribution is -0.384. The molecule has 0 aliphatic carbocycles. The number of nitro benzene ring substituents is 1. The average Bonchev–Trinajstić information content (AvgIpc) is 2.64. The number of aromatic hydroxyl groups is 1. The first-order chi connectivity index (χ1) is 12.9. The van der Waals surface area contributed by atoms with Gasteiger partial charge in [-0.25, -0.2) is 0 Å². The number of anilines is 1. The molecule has 0 atom stereocenters. The van der Waals surface area contributed by atoms with Crippen molar-refractivity contribution in [3.63, 3.8) is 0 Å². The molecule has 3 N–H and O–H groups in total. The number of non-ortho nitro benzene ring substituents is 1. The summed E-state index contributed by atoms with van der Waals surface area (Å²) in [6.45, 7) is 0.843. The molecule has 2 rings (SSSR count). The van der Waals surface area contributed by atoms with Gasteiger partial charge >= 0.3 is 0 Å². The quantitative estimate of drug-likeness (QED) is 0.216. The first-order valence-corrected chi connectivity index (χ1v) is 8.13. The number of nitrogens with one attached hydrogen (secondary N) is 2. The molecular formula is C17H17N3O6S. The smallest absolute Gasteiger partial charge is 0.271 e. The van der Waals surface area contributed by atoms with Crippen molar-refractivity contribution < 1.29 is 24.3 Å². The minimum Gasteiger partial charge on any atom is -0.506 e. The highest BCUT2D eigenvalue weighted by Crippen LogP contribution is 2.27. The van der Waals surface area contributed by atoms with Crippen LogP contribution < -0.4 is 15.4 Å². The van der Waals surface area contributed by atoms with Crippen LogP contribution in [0.5, 0.6) is 11.5 Å². The minimum atomic E-state index is -0.609. The lowest BCUT2D eigenvalue weighted by Crippen LogP contribution is -2.34. The molecule has 1 amide bonds. The molecule has 0 saturated heterocycles. The van der Waals surface area contributed by atoms with E-state index in [1.54, 1.807) is 31.4 Å². The van der Waals surface area contributed by atoms with Gasteiger partial charge in [0.05, 0.1) is 17.2 Å². The van der Waals surface area contributed by atoms with E-state index in [1.807, 2.05) is 0 Å². The standard InChI is InChI=1S/C17H17N3O6S/c1-25-8-9-26-13-5-2-11(3-6-13)16(22)19-17(27)18-14-10-12(20(23)24)4-7-15(14)21/h2-7,10,21H,8-9H2,1H3,(H2,18,19,22,27). The molecule has 9 nitrogen and oxygen atoms in total. The molecule has 27 heavy (non-hydrogen) atoms. The molecule has 0 unspecified atom stereocenters. The zero-order valence-electron chi connectivity index (χ0n) is 14.3. The van der Waals surface area contributed by atoms with E-state index < -0.39 is 10.8 Å². The molecule has 0 aromatic heterocycles. The van der Waals surface area contributed by atoms with Crippen molar-refractivity contribution in [1.29, 1.82) is 0 Å². The SMILES string of the molecule is COCCOc1ccc(C(=O)NC(=S)Nc2cc([N+](=O)[O-])ccc2O)cc1. The zero-order valence-corrected chi connectivity index (χ0v) is 15.1. The van der Waals surface area contributed by atoms with Crippen molar-refractivity contribution in [3.05, 3.63) is 58.1 Å². The molecule has 0 bridgehead atoms. The van der Waals surface area contributed by atoms with Crippen LogP contribution in [0, 0.1) is 10.1 Å². The Kier molecular flexibility index (Phi) is 7.03. The second-order valence-corrected chi connectivity index (χ2v) is 5.64. The van der Waals surface area contributed by atoms with E-state index in [1.165, 1.54) is 0 Å². The molecule has 0 aliphatic rings. The van der Waals surface area contributed by atoms with Crippen molar-refractivity contribution in [1.82, 2.24) is 5.32 Å². The number of nitrogens with zero attached hydrogens (tertiary/aromatic N) is 1. The number of amides is 1. The molecule has 0 heterocycles. The van der Waals surface area contributed by atoms with Gasteiger partial charge in [0, 0.05) is 24.8 Å². The van der Waals surface area contributed by atoms with Crippen LogP contribution in [0.15, 0.2) is 42.5 Å². The third-order valence-corrected chi connectivity index (χ3v) is 3.54. The molecule has 0 aliphatic heterocycles. The second-order valence-electron chi connectivity index (χ2n) is 5.23. The Balaban J connectivity index is 1.96. The van der Waals surface area contributed by atoms with Gasteiger partial charge in [-0.1, -0.05) is 0 Å². The molecule has 2 aromatic rings. The summed E-state index contributed by atoms with van der Waals surface area (Å²) >= 11 is 5.01. The van der Waals surface area contributed by atoms with E-state index in [0.29, 0.717) is 24.5 Å². The van der Waals surface area contributed by atoms with Gasteiger partial charge in [-0.2, -0.15) is 0 Å². The summed E-state index contributed by atoms with van der Waals surface area (Å²) in [7, 11) is 1.57. The predicted octanol–water partition coefficient (Wildman–Crippen LogP) is 2.45. The van der Waals surface area contributed by atoms with E-state index in [4.69, 9.17) is 21.7 Å². The molecule has 0 radical (unpaired) electrons. The highest BCUT2D eigenvalue weighted by molar-refractivity contribution is 7.80. The van der Waals surface area contributed by atoms with E-state index in [9.17, 15) is 20.0 Å². The van der Waals surface area contributed by atoms with Crippen LogP contribution in [-0.2, 0) is 4.74 Å². The number of carbonyl (C=O) groups excluding carboxylic acids is 1. The first kappa shape index (κ1) is 20.1. The maximum atomic E-state index is 12.2. The Bertz CT molecular complexity index is 841. The maximum absolute atomic E-state index is 12.2. The number of benzene rings is 2. The number of rotatable bonds is 7. The van der Waals surface area contributed by atoms with Crippen molar-refractivity contribution >= 4 is 34.6 Å². The van der Waals surface area contributed by atoms with Gasteiger partial charge in [-0.3, -0.25) is 20.2 Å². The van der Waals surface area contributed by atoms with Gasteiger partial charge in [0.1, 0.15) is 18.1 Å². The number of nitro groups is 1. The maximum Gasteiger partial charge on any atom is 0.271 e. The minimum absolute atomic E-state index is 0.0105. The summed E-state index contributed by atoms with van der Waals surface area (Å²) in [6, 6.07) is 9.81. The van der Waals surface area contributed by atoms with Crippen molar-refractivity contribution in [3.8, 4) is 11.5 Å². The van der Waals surface area contributed by atoms with Crippen LogP contribution in [0.25, 0.3) is 0 Å². The number of hydrogen-bond donors (Lipinski definition) is 3. The molecule has 0 spiro atoms. The number of ether oxygens (including phenoxy) is 2. The topological polar surface area (TPSA) is 123 Å². The van der Waals surface area contributed by atoms with E-state index in [0.717, 1.165) is 18.2 Å². The Labute approximate surface area is 160 Å². The monoisotopic (exact) mass is 391 g/mol. The van der Waals surface area contributed by atoms with E-state index in [-0.39, 0.29) is 22.2 Å². The van der Waals surface area contributed by atoms with Gasteiger partial charge in [0.25, 0.3) is 11.6 Å². The zero-order chi connectivity index (χ0) is 19.8. The van der Waals surface area contributed by atoms with Gasteiger partial charge in [0.2, 0.25) is 0 Å². The second kappa shape index (κ2) is 9.46. The van der Waals surface area contributed by atoms with Crippen LogP contribution in [0.2, 0.25) is 0 Å². The summed E-state index contributed by atoms with van der Waals surface area (Å²) in [5.41, 5.74) is 0.117. The Morgan fingerprint density at radius 3 is 2.56 bits per heavy atom.